The first-order valence-electron chi connectivity index (χ1n) is 9.86. The van der Waals surface area contributed by atoms with Crippen LogP contribution >= 0.6 is 0 Å². The summed E-state index contributed by atoms with van der Waals surface area (Å²) in [5.41, 5.74) is 5.16. The maximum absolute atomic E-state index is 13.5. The van der Waals surface area contributed by atoms with Crippen LogP contribution in [0.15, 0.2) is 54.9 Å². The number of aryl methyl sites for hydroxylation is 1. The molecule has 29 heavy (non-hydrogen) atoms. The first-order valence-corrected chi connectivity index (χ1v) is 9.86. The fraction of sp³-hybridized carbons (Fsp3) is 0.304. The van der Waals surface area contributed by atoms with Crippen LogP contribution in [0.25, 0.3) is 0 Å². The minimum atomic E-state index is -0.550. The van der Waals surface area contributed by atoms with Crippen molar-refractivity contribution in [2.45, 2.75) is 31.6 Å². The van der Waals surface area contributed by atoms with Crippen molar-refractivity contribution < 1.29 is 13.9 Å². The number of hydrogen-bond acceptors (Lipinski definition) is 3. The van der Waals surface area contributed by atoms with Crippen molar-refractivity contribution >= 4 is 5.91 Å². The maximum Gasteiger partial charge on any atom is 0.252 e. The molecule has 148 valence electrons. The first kappa shape index (κ1) is 18.1. The Labute approximate surface area is 168 Å². The zero-order valence-electron chi connectivity index (χ0n) is 16.2. The Kier molecular flexibility index (Phi) is 4.43. The summed E-state index contributed by atoms with van der Waals surface area (Å²) >= 11 is 0. The first-order chi connectivity index (χ1) is 14.1. The van der Waals surface area contributed by atoms with Crippen molar-refractivity contribution in [2.75, 3.05) is 6.54 Å². The molecule has 3 aromatic rings. The van der Waals surface area contributed by atoms with E-state index in [-0.39, 0.29) is 17.8 Å². The minimum absolute atomic E-state index is 0.0369. The van der Waals surface area contributed by atoms with Crippen LogP contribution in [0, 0.1) is 5.82 Å². The summed E-state index contributed by atoms with van der Waals surface area (Å²) in [6, 6.07) is 14.3. The second-order valence-electron chi connectivity index (χ2n) is 7.69. The molecular weight excluding hydrogens is 369 g/mol. The molecule has 0 aliphatic carbocycles. The van der Waals surface area contributed by atoms with E-state index in [0.717, 1.165) is 28.9 Å². The van der Waals surface area contributed by atoms with Crippen LogP contribution in [0.1, 0.15) is 34.1 Å². The average molecular weight is 391 g/mol. The van der Waals surface area contributed by atoms with Gasteiger partial charge < -0.3 is 14.2 Å². The van der Waals surface area contributed by atoms with E-state index in [1.54, 1.807) is 18.5 Å². The summed E-state index contributed by atoms with van der Waals surface area (Å²) in [4.78, 5) is 19.8. The van der Waals surface area contributed by atoms with Gasteiger partial charge in [0.1, 0.15) is 11.9 Å². The molecule has 1 amide bonds. The Morgan fingerprint density at radius 3 is 2.79 bits per heavy atom. The molecule has 5 nitrogen and oxygen atoms in total. The zero-order chi connectivity index (χ0) is 20.0. The van der Waals surface area contributed by atoms with E-state index >= 15 is 0 Å². The average Bonchev–Trinajstić information content (AvgIpc) is 3.13. The number of rotatable bonds is 2. The predicted molar refractivity (Wildman–Crippen MR) is 106 cm³/mol. The van der Waals surface area contributed by atoms with Gasteiger partial charge >= 0.3 is 0 Å². The van der Waals surface area contributed by atoms with Gasteiger partial charge in [-0.25, -0.2) is 9.37 Å². The topological polar surface area (TPSA) is 47.4 Å². The lowest BCUT2D eigenvalue weighted by molar-refractivity contribution is -0.148. The van der Waals surface area contributed by atoms with Crippen molar-refractivity contribution in [2.24, 2.45) is 7.05 Å². The molecule has 2 aromatic carbocycles. The number of ether oxygens (including phenoxy) is 1. The summed E-state index contributed by atoms with van der Waals surface area (Å²) < 4.78 is 21.4. The standard InChI is InChI=1S/C23H22FN3O2/c1-26-14-25-19-12-21(29-13-20(19)26)23(28)27-11-10-15-4-2-3-5-18(15)22(27)16-6-8-17(24)9-7-16/h2-9,14,21-22H,10-13H2,1H3/t21-,22+/m1/s1. The third-order valence-corrected chi connectivity index (χ3v) is 5.97. The van der Waals surface area contributed by atoms with Crippen LogP contribution in [0.3, 0.4) is 0 Å². The molecule has 6 heteroatoms. The number of halogens is 1. The molecule has 0 fully saturated rings. The molecule has 0 radical (unpaired) electrons. The molecule has 0 unspecified atom stereocenters. The Hall–Kier alpha value is -2.99. The number of carbonyl (C=O) groups excluding carboxylic acids is 1. The van der Waals surface area contributed by atoms with Gasteiger partial charge in [-0.3, -0.25) is 4.79 Å². The molecule has 0 spiro atoms. The quantitative estimate of drug-likeness (QED) is 0.674. The maximum atomic E-state index is 13.5. The van der Waals surface area contributed by atoms with Gasteiger partial charge in [-0.2, -0.15) is 0 Å². The normalized spacial score (nSPS) is 20.8. The van der Waals surface area contributed by atoms with E-state index in [1.165, 1.54) is 17.7 Å². The summed E-state index contributed by atoms with van der Waals surface area (Å²) in [6.07, 6.45) is 2.48. The van der Waals surface area contributed by atoms with E-state index in [9.17, 15) is 9.18 Å². The fourth-order valence-corrected chi connectivity index (χ4v) is 4.43. The van der Waals surface area contributed by atoms with Crippen LogP contribution in [0.5, 0.6) is 0 Å². The molecule has 2 aliphatic rings. The number of carbonyl (C=O) groups is 1. The van der Waals surface area contributed by atoms with E-state index in [4.69, 9.17) is 4.74 Å². The highest BCUT2D eigenvalue weighted by Gasteiger charge is 2.37. The molecule has 0 bridgehead atoms. The monoisotopic (exact) mass is 391 g/mol. The molecule has 0 saturated carbocycles. The lowest BCUT2D eigenvalue weighted by Crippen LogP contribution is -2.47. The minimum Gasteiger partial charge on any atom is -0.362 e. The molecule has 0 saturated heterocycles. The number of fused-ring (bicyclic) bond motifs is 2. The number of hydrogen-bond donors (Lipinski definition) is 0. The summed E-state index contributed by atoms with van der Waals surface area (Å²) in [7, 11) is 1.93. The van der Waals surface area contributed by atoms with Crippen molar-refractivity contribution in [3.05, 3.63) is 88.8 Å². The van der Waals surface area contributed by atoms with Gasteiger partial charge in [-0.05, 0) is 35.2 Å². The second-order valence-corrected chi connectivity index (χ2v) is 7.69. The van der Waals surface area contributed by atoms with Gasteiger partial charge in [0.15, 0.2) is 0 Å². The Morgan fingerprint density at radius 2 is 1.97 bits per heavy atom. The number of benzene rings is 2. The van der Waals surface area contributed by atoms with Crippen LogP contribution in [0.2, 0.25) is 0 Å². The van der Waals surface area contributed by atoms with E-state index in [2.05, 4.69) is 17.1 Å². The number of nitrogens with zero attached hydrogens (tertiary/aromatic N) is 3. The molecule has 0 N–H and O–H groups in total. The summed E-state index contributed by atoms with van der Waals surface area (Å²) in [5, 5.41) is 0. The van der Waals surface area contributed by atoms with Crippen molar-refractivity contribution in [1.82, 2.24) is 14.5 Å². The lowest BCUT2D eigenvalue weighted by Gasteiger charge is -2.40. The van der Waals surface area contributed by atoms with Crippen LogP contribution in [-0.2, 0) is 36.0 Å². The highest BCUT2D eigenvalue weighted by atomic mass is 19.1. The Balaban J connectivity index is 1.49. The van der Waals surface area contributed by atoms with Gasteiger partial charge in [-0.15, -0.1) is 0 Å². The van der Waals surface area contributed by atoms with Crippen molar-refractivity contribution in [3.63, 3.8) is 0 Å². The van der Waals surface area contributed by atoms with E-state index in [1.807, 2.05) is 28.6 Å². The van der Waals surface area contributed by atoms with E-state index in [0.29, 0.717) is 19.6 Å². The third-order valence-electron chi connectivity index (χ3n) is 5.97. The molecule has 2 aliphatic heterocycles. The zero-order valence-corrected chi connectivity index (χ0v) is 16.2. The molecular formula is C23H22FN3O2. The molecule has 3 heterocycles. The van der Waals surface area contributed by atoms with Gasteiger partial charge in [0, 0.05) is 20.0 Å². The highest BCUT2D eigenvalue weighted by Crippen LogP contribution is 2.36. The van der Waals surface area contributed by atoms with Crippen LogP contribution in [0.4, 0.5) is 4.39 Å². The van der Waals surface area contributed by atoms with Crippen molar-refractivity contribution in [1.29, 1.82) is 0 Å². The SMILES string of the molecule is Cn1cnc2c1CO[C@@H](C(=O)N1CCc3ccccc3[C@@H]1c1ccc(F)cc1)C2. The highest BCUT2D eigenvalue weighted by molar-refractivity contribution is 5.83. The van der Waals surface area contributed by atoms with Crippen LogP contribution < -0.4 is 0 Å². The summed E-state index contributed by atoms with van der Waals surface area (Å²) in [5.74, 6) is -0.320. The van der Waals surface area contributed by atoms with Crippen molar-refractivity contribution in [3.8, 4) is 0 Å². The molecule has 5 rings (SSSR count). The number of amides is 1. The van der Waals surface area contributed by atoms with E-state index < -0.39 is 6.10 Å². The summed E-state index contributed by atoms with van der Waals surface area (Å²) in [6.45, 7) is 0.987. The van der Waals surface area contributed by atoms with Gasteiger partial charge in [0.2, 0.25) is 0 Å². The van der Waals surface area contributed by atoms with Crippen LogP contribution in [-0.4, -0.2) is 33.0 Å². The third kappa shape index (κ3) is 3.13. The smallest absolute Gasteiger partial charge is 0.252 e. The molecule has 2 atom stereocenters. The second kappa shape index (κ2) is 7.12. The number of aromatic nitrogens is 2. The Bertz CT molecular complexity index is 1060. The largest absolute Gasteiger partial charge is 0.362 e. The van der Waals surface area contributed by atoms with Gasteiger partial charge in [-0.1, -0.05) is 36.4 Å². The number of imidazole rings is 1. The van der Waals surface area contributed by atoms with Gasteiger partial charge in [0.05, 0.1) is 30.4 Å². The molecule has 1 aromatic heterocycles. The predicted octanol–water partition coefficient (Wildman–Crippen LogP) is 3.17. The fourth-order valence-electron chi connectivity index (χ4n) is 4.43. The lowest BCUT2D eigenvalue weighted by atomic mass is 9.87. The Morgan fingerprint density at radius 1 is 1.17 bits per heavy atom. The van der Waals surface area contributed by atoms with Gasteiger partial charge in [0.25, 0.3) is 5.91 Å².